The molecule has 0 unspecified atom stereocenters. The van der Waals surface area contributed by atoms with Crippen molar-refractivity contribution >= 4 is 27.4 Å². The first-order valence-corrected chi connectivity index (χ1v) is 12.6. The Morgan fingerprint density at radius 2 is 1.18 bits per heavy atom. The van der Waals surface area contributed by atoms with E-state index in [4.69, 9.17) is 15.0 Å². The largest absolute Gasteiger partial charge is 0.309 e. The third-order valence-electron chi connectivity index (χ3n) is 6.58. The normalized spacial score (nSPS) is 12.0. The standard InChI is InChI=1S/C34H26N4/c1-3-4-6-13-24(2)32-35-33(25-14-7-5-8-15-25)37-34(36-32)26-20-22-27(23-21-26)38-30-18-11-9-16-28(30)29-17-10-12-19-31(29)38/h3-23H,1H2,2H3/b6-4-,24-13+. The summed E-state index contributed by atoms with van der Waals surface area (Å²) in [6.07, 6.45) is 7.56. The third-order valence-corrected chi connectivity index (χ3v) is 6.58. The molecule has 0 amide bonds. The Kier molecular flexibility index (Phi) is 6.20. The molecule has 2 aromatic heterocycles. The van der Waals surface area contributed by atoms with Gasteiger partial charge >= 0.3 is 0 Å². The summed E-state index contributed by atoms with van der Waals surface area (Å²) in [5, 5.41) is 2.49. The van der Waals surface area contributed by atoms with Crippen molar-refractivity contribution in [1.82, 2.24) is 19.5 Å². The van der Waals surface area contributed by atoms with Crippen LogP contribution in [0, 0.1) is 0 Å². The second-order valence-electron chi connectivity index (χ2n) is 9.06. The molecular formula is C34H26N4. The molecule has 0 bridgehead atoms. The fraction of sp³-hybridized carbons (Fsp3) is 0.0294. The number of benzene rings is 4. The Morgan fingerprint density at radius 1 is 0.632 bits per heavy atom. The molecule has 4 heteroatoms. The highest BCUT2D eigenvalue weighted by Crippen LogP contribution is 2.32. The maximum Gasteiger partial charge on any atom is 0.164 e. The van der Waals surface area contributed by atoms with Gasteiger partial charge in [0.1, 0.15) is 0 Å². The highest BCUT2D eigenvalue weighted by atomic mass is 15.0. The number of hydrogen-bond acceptors (Lipinski definition) is 3. The van der Waals surface area contributed by atoms with Gasteiger partial charge in [0.2, 0.25) is 0 Å². The van der Waals surface area contributed by atoms with Gasteiger partial charge in [0, 0.05) is 27.6 Å². The van der Waals surface area contributed by atoms with Crippen LogP contribution in [-0.4, -0.2) is 19.5 Å². The van der Waals surface area contributed by atoms with Gasteiger partial charge in [-0.25, -0.2) is 15.0 Å². The van der Waals surface area contributed by atoms with Gasteiger partial charge in [-0.3, -0.25) is 0 Å². The first-order chi connectivity index (χ1) is 18.7. The van der Waals surface area contributed by atoms with E-state index in [-0.39, 0.29) is 0 Å². The summed E-state index contributed by atoms with van der Waals surface area (Å²) in [7, 11) is 0. The fourth-order valence-electron chi connectivity index (χ4n) is 4.71. The van der Waals surface area contributed by atoms with Crippen molar-refractivity contribution in [2.24, 2.45) is 0 Å². The van der Waals surface area contributed by atoms with Gasteiger partial charge < -0.3 is 4.57 Å². The molecule has 38 heavy (non-hydrogen) atoms. The Morgan fingerprint density at radius 3 is 1.79 bits per heavy atom. The number of hydrogen-bond donors (Lipinski definition) is 0. The van der Waals surface area contributed by atoms with E-state index in [2.05, 4.69) is 83.9 Å². The van der Waals surface area contributed by atoms with Crippen LogP contribution in [0.15, 0.2) is 134 Å². The van der Waals surface area contributed by atoms with Crippen LogP contribution in [0.2, 0.25) is 0 Å². The Balaban J connectivity index is 1.46. The van der Waals surface area contributed by atoms with Crippen LogP contribution in [0.4, 0.5) is 0 Å². The molecule has 4 aromatic carbocycles. The molecule has 0 fully saturated rings. The fourth-order valence-corrected chi connectivity index (χ4v) is 4.71. The second-order valence-corrected chi connectivity index (χ2v) is 9.06. The zero-order valence-corrected chi connectivity index (χ0v) is 21.1. The zero-order chi connectivity index (χ0) is 25.9. The van der Waals surface area contributed by atoms with E-state index in [1.54, 1.807) is 6.08 Å². The minimum Gasteiger partial charge on any atom is -0.309 e. The van der Waals surface area contributed by atoms with E-state index in [0.29, 0.717) is 17.5 Å². The lowest BCUT2D eigenvalue weighted by atomic mass is 10.1. The van der Waals surface area contributed by atoms with E-state index in [9.17, 15) is 0 Å². The van der Waals surface area contributed by atoms with Crippen LogP contribution < -0.4 is 0 Å². The van der Waals surface area contributed by atoms with Crippen LogP contribution >= 0.6 is 0 Å². The maximum atomic E-state index is 4.85. The van der Waals surface area contributed by atoms with Crippen molar-refractivity contribution in [3.8, 4) is 28.5 Å². The number of para-hydroxylation sites is 2. The van der Waals surface area contributed by atoms with Crippen molar-refractivity contribution in [2.45, 2.75) is 6.92 Å². The van der Waals surface area contributed by atoms with E-state index in [0.717, 1.165) is 22.4 Å². The lowest BCUT2D eigenvalue weighted by molar-refractivity contribution is 1.03. The lowest BCUT2D eigenvalue weighted by Gasteiger charge is -2.10. The molecule has 0 saturated carbocycles. The van der Waals surface area contributed by atoms with Crippen LogP contribution in [0.3, 0.4) is 0 Å². The lowest BCUT2D eigenvalue weighted by Crippen LogP contribution is -2.02. The Bertz CT molecular complexity index is 1770. The first-order valence-electron chi connectivity index (χ1n) is 12.6. The average Bonchev–Trinajstić information content (AvgIpc) is 3.32. The van der Waals surface area contributed by atoms with Gasteiger partial charge in [-0.15, -0.1) is 0 Å². The predicted molar refractivity (Wildman–Crippen MR) is 158 cm³/mol. The summed E-state index contributed by atoms with van der Waals surface area (Å²) in [5.74, 6) is 1.94. The smallest absolute Gasteiger partial charge is 0.164 e. The topological polar surface area (TPSA) is 43.6 Å². The van der Waals surface area contributed by atoms with Crippen LogP contribution in [0.25, 0.3) is 55.8 Å². The Hall–Kier alpha value is -5.09. The van der Waals surface area contributed by atoms with Crippen molar-refractivity contribution in [3.05, 3.63) is 140 Å². The SMILES string of the molecule is C=C/C=C\C=C(/C)c1nc(-c2ccccc2)nc(-c2ccc(-n3c4ccccc4c4ccccc43)cc2)n1. The molecule has 0 radical (unpaired) electrons. The number of aromatic nitrogens is 4. The van der Waals surface area contributed by atoms with Gasteiger partial charge in [-0.2, -0.15) is 0 Å². The molecule has 0 atom stereocenters. The van der Waals surface area contributed by atoms with E-state index < -0.39 is 0 Å². The van der Waals surface area contributed by atoms with Crippen LogP contribution in [0.1, 0.15) is 12.7 Å². The maximum absolute atomic E-state index is 4.85. The molecule has 0 saturated heterocycles. The summed E-state index contributed by atoms with van der Waals surface area (Å²) in [5.41, 5.74) is 6.30. The van der Waals surface area contributed by atoms with Gasteiger partial charge in [0.25, 0.3) is 0 Å². The quantitative estimate of drug-likeness (QED) is 0.220. The number of allylic oxidation sites excluding steroid dienone is 5. The van der Waals surface area contributed by atoms with Gasteiger partial charge in [-0.05, 0) is 48.9 Å². The van der Waals surface area contributed by atoms with E-state index in [1.807, 2.05) is 55.5 Å². The summed E-state index contributed by atoms with van der Waals surface area (Å²) >= 11 is 0. The highest BCUT2D eigenvalue weighted by molar-refractivity contribution is 6.09. The zero-order valence-electron chi connectivity index (χ0n) is 21.1. The molecule has 0 aliphatic rings. The van der Waals surface area contributed by atoms with Crippen molar-refractivity contribution in [3.63, 3.8) is 0 Å². The number of nitrogens with zero attached hydrogens (tertiary/aromatic N) is 4. The van der Waals surface area contributed by atoms with Gasteiger partial charge in [0.05, 0.1) is 11.0 Å². The van der Waals surface area contributed by atoms with Gasteiger partial charge in [-0.1, -0.05) is 97.6 Å². The van der Waals surface area contributed by atoms with E-state index in [1.165, 1.54) is 21.8 Å². The number of fused-ring (bicyclic) bond motifs is 3. The van der Waals surface area contributed by atoms with Crippen molar-refractivity contribution < 1.29 is 0 Å². The Labute approximate surface area is 222 Å². The molecule has 0 aliphatic heterocycles. The molecular weight excluding hydrogens is 464 g/mol. The molecule has 182 valence electrons. The average molecular weight is 491 g/mol. The predicted octanol–water partition coefficient (Wildman–Crippen LogP) is 8.45. The molecule has 2 heterocycles. The second kappa shape index (κ2) is 10.1. The molecule has 0 spiro atoms. The minimum absolute atomic E-state index is 0.642. The summed E-state index contributed by atoms with van der Waals surface area (Å²) in [6, 6.07) is 35.5. The van der Waals surface area contributed by atoms with Gasteiger partial charge in [0.15, 0.2) is 17.5 Å². The van der Waals surface area contributed by atoms with E-state index >= 15 is 0 Å². The summed E-state index contributed by atoms with van der Waals surface area (Å²) < 4.78 is 2.31. The monoisotopic (exact) mass is 490 g/mol. The number of rotatable bonds is 6. The molecule has 0 aliphatic carbocycles. The first kappa shape index (κ1) is 23.3. The van der Waals surface area contributed by atoms with Crippen molar-refractivity contribution in [1.29, 1.82) is 0 Å². The molecule has 6 rings (SSSR count). The highest BCUT2D eigenvalue weighted by Gasteiger charge is 2.14. The summed E-state index contributed by atoms with van der Waals surface area (Å²) in [6.45, 7) is 5.74. The molecule has 0 N–H and O–H groups in total. The summed E-state index contributed by atoms with van der Waals surface area (Å²) in [4.78, 5) is 14.5. The van der Waals surface area contributed by atoms with Crippen LogP contribution in [-0.2, 0) is 0 Å². The molecule has 4 nitrogen and oxygen atoms in total. The van der Waals surface area contributed by atoms with Crippen molar-refractivity contribution in [2.75, 3.05) is 0 Å². The minimum atomic E-state index is 0.642. The third kappa shape index (κ3) is 4.33. The molecule has 6 aromatic rings. The van der Waals surface area contributed by atoms with Crippen LogP contribution in [0.5, 0.6) is 0 Å².